The summed E-state index contributed by atoms with van der Waals surface area (Å²) in [6.07, 6.45) is 1.77. The molecule has 0 aliphatic carbocycles. The first kappa shape index (κ1) is 7.78. The average molecular weight is 153 g/mol. The summed E-state index contributed by atoms with van der Waals surface area (Å²) in [4.78, 5) is 14.7. The van der Waals surface area contributed by atoms with Crippen LogP contribution in [0.4, 0.5) is 5.82 Å². The summed E-state index contributed by atoms with van der Waals surface area (Å²) in [5.74, 6) is 1.40. The first-order valence-electron chi connectivity index (χ1n) is 3.37. The number of hydrogen-bond donors (Lipinski definition) is 1. The van der Waals surface area contributed by atoms with E-state index >= 15 is 0 Å². The van der Waals surface area contributed by atoms with Crippen LogP contribution >= 0.6 is 0 Å². The van der Waals surface area contributed by atoms with Gasteiger partial charge in [-0.3, -0.25) is 4.79 Å². The lowest BCUT2D eigenvalue weighted by molar-refractivity contribution is -0.114. The summed E-state index contributed by atoms with van der Waals surface area (Å²) in [5, 5.41) is 2.60. The van der Waals surface area contributed by atoms with Crippen LogP contribution < -0.4 is 5.32 Å². The number of carbonyl (C=O) groups excluding carboxylic acids is 1. The Kier molecular flexibility index (Phi) is 1.94. The molecule has 1 rings (SSSR count). The van der Waals surface area contributed by atoms with Crippen LogP contribution in [-0.2, 0) is 11.8 Å². The molecule has 1 N–H and O–H groups in total. The minimum atomic E-state index is -0.0944. The molecule has 0 unspecified atom stereocenters. The molecule has 1 amide bonds. The first-order chi connectivity index (χ1) is 5.09. The molecule has 4 heteroatoms. The Balaban J connectivity index is 2.81. The molecular formula is C7H11N3O. The summed E-state index contributed by atoms with van der Waals surface area (Å²) in [6.45, 7) is 3.34. The van der Waals surface area contributed by atoms with Crippen molar-refractivity contribution in [2.24, 2.45) is 7.05 Å². The van der Waals surface area contributed by atoms with E-state index in [-0.39, 0.29) is 5.91 Å². The van der Waals surface area contributed by atoms with Crippen LogP contribution in [0.3, 0.4) is 0 Å². The topological polar surface area (TPSA) is 46.9 Å². The van der Waals surface area contributed by atoms with E-state index < -0.39 is 0 Å². The van der Waals surface area contributed by atoms with Crippen LogP contribution in [0.25, 0.3) is 0 Å². The van der Waals surface area contributed by atoms with Crippen molar-refractivity contribution in [1.29, 1.82) is 0 Å². The third-order valence-corrected chi connectivity index (χ3v) is 1.41. The van der Waals surface area contributed by atoms with E-state index in [2.05, 4.69) is 10.3 Å². The fourth-order valence-electron chi connectivity index (χ4n) is 0.799. The van der Waals surface area contributed by atoms with Crippen molar-refractivity contribution in [3.05, 3.63) is 12.0 Å². The minimum Gasteiger partial charge on any atom is -0.336 e. The maximum absolute atomic E-state index is 10.6. The molecule has 0 saturated heterocycles. The summed E-state index contributed by atoms with van der Waals surface area (Å²) in [6, 6.07) is 0. The minimum absolute atomic E-state index is 0.0944. The molecule has 0 saturated carbocycles. The lowest BCUT2D eigenvalue weighted by Gasteiger charge is -1.92. The SMILES string of the molecule is CC(=O)Nc1cn(C)c(C)n1. The molecule has 0 radical (unpaired) electrons. The number of nitrogens with zero attached hydrogens (tertiary/aromatic N) is 2. The smallest absolute Gasteiger partial charge is 0.222 e. The van der Waals surface area contributed by atoms with Gasteiger partial charge in [-0.1, -0.05) is 0 Å². The zero-order chi connectivity index (χ0) is 8.43. The van der Waals surface area contributed by atoms with Gasteiger partial charge in [-0.15, -0.1) is 0 Å². The summed E-state index contributed by atoms with van der Waals surface area (Å²) < 4.78 is 1.85. The fraction of sp³-hybridized carbons (Fsp3) is 0.429. The average Bonchev–Trinajstić information content (AvgIpc) is 2.10. The summed E-state index contributed by atoms with van der Waals surface area (Å²) in [5.41, 5.74) is 0. The largest absolute Gasteiger partial charge is 0.336 e. The zero-order valence-corrected chi connectivity index (χ0v) is 6.88. The molecule has 1 aromatic heterocycles. The van der Waals surface area contributed by atoms with Crippen LogP contribution in [-0.4, -0.2) is 15.5 Å². The molecule has 0 aromatic carbocycles. The van der Waals surface area contributed by atoms with Gasteiger partial charge >= 0.3 is 0 Å². The third kappa shape index (κ3) is 1.80. The van der Waals surface area contributed by atoms with Crippen LogP contribution in [0, 0.1) is 6.92 Å². The van der Waals surface area contributed by atoms with Crippen LogP contribution in [0.1, 0.15) is 12.7 Å². The third-order valence-electron chi connectivity index (χ3n) is 1.41. The second-order valence-corrected chi connectivity index (χ2v) is 2.47. The number of rotatable bonds is 1. The Morgan fingerprint density at radius 1 is 1.73 bits per heavy atom. The van der Waals surface area contributed by atoms with Gasteiger partial charge in [-0.05, 0) is 6.92 Å². The van der Waals surface area contributed by atoms with Crippen molar-refractivity contribution in [2.45, 2.75) is 13.8 Å². The van der Waals surface area contributed by atoms with Gasteiger partial charge in [0.1, 0.15) is 5.82 Å². The lowest BCUT2D eigenvalue weighted by Crippen LogP contribution is -2.05. The Morgan fingerprint density at radius 3 is 2.73 bits per heavy atom. The highest BCUT2D eigenvalue weighted by Crippen LogP contribution is 2.04. The number of aryl methyl sites for hydroxylation is 2. The Bertz CT molecular complexity index is 258. The molecule has 0 fully saturated rings. The number of anilines is 1. The van der Waals surface area contributed by atoms with Gasteiger partial charge in [0.15, 0.2) is 5.82 Å². The summed E-state index contributed by atoms with van der Waals surface area (Å²) >= 11 is 0. The maximum Gasteiger partial charge on any atom is 0.222 e. The van der Waals surface area contributed by atoms with Gasteiger partial charge in [-0.25, -0.2) is 4.98 Å². The number of amides is 1. The number of nitrogens with one attached hydrogen (secondary N) is 1. The Labute approximate surface area is 65.2 Å². The predicted octanol–water partition coefficient (Wildman–Crippen LogP) is 0.687. The van der Waals surface area contributed by atoms with E-state index in [1.165, 1.54) is 6.92 Å². The fourth-order valence-corrected chi connectivity index (χ4v) is 0.799. The molecular weight excluding hydrogens is 142 g/mol. The Hall–Kier alpha value is -1.32. The van der Waals surface area contributed by atoms with Crippen molar-refractivity contribution in [2.75, 3.05) is 5.32 Å². The normalized spacial score (nSPS) is 9.73. The van der Waals surface area contributed by atoms with E-state index in [0.29, 0.717) is 5.82 Å². The van der Waals surface area contributed by atoms with E-state index in [1.807, 2.05) is 18.5 Å². The van der Waals surface area contributed by atoms with Crippen LogP contribution in [0.15, 0.2) is 6.20 Å². The monoisotopic (exact) mass is 153 g/mol. The van der Waals surface area contributed by atoms with Gasteiger partial charge in [0.2, 0.25) is 5.91 Å². The number of aromatic nitrogens is 2. The van der Waals surface area contributed by atoms with Crippen molar-refractivity contribution in [3.8, 4) is 0 Å². The van der Waals surface area contributed by atoms with Crippen molar-refractivity contribution in [3.63, 3.8) is 0 Å². The van der Waals surface area contributed by atoms with Gasteiger partial charge in [-0.2, -0.15) is 0 Å². The molecule has 0 spiro atoms. The highest BCUT2D eigenvalue weighted by atomic mass is 16.1. The predicted molar refractivity (Wildman–Crippen MR) is 42.2 cm³/mol. The highest BCUT2D eigenvalue weighted by Gasteiger charge is 2.00. The Morgan fingerprint density at radius 2 is 2.36 bits per heavy atom. The van der Waals surface area contributed by atoms with E-state index in [9.17, 15) is 4.79 Å². The van der Waals surface area contributed by atoms with Crippen LogP contribution in [0.5, 0.6) is 0 Å². The van der Waals surface area contributed by atoms with E-state index in [4.69, 9.17) is 0 Å². The van der Waals surface area contributed by atoms with E-state index in [1.54, 1.807) is 6.20 Å². The highest BCUT2D eigenvalue weighted by molar-refractivity contribution is 5.87. The van der Waals surface area contributed by atoms with Crippen molar-refractivity contribution < 1.29 is 4.79 Å². The first-order valence-corrected chi connectivity index (χ1v) is 3.37. The molecule has 0 atom stereocenters. The summed E-state index contributed by atoms with van der Waals surface area (Å²) in [7, 11) is 1.88. The van der Waals surface area contributed by atoms with Gasteiger partial charge in [0, 0.05) is 20.2 Å². The lowest BCUT2D eigenvalue weighted by atomic mass is 10.6. The second-order valence-electron chi connectivity index (χ2n) is 2.47. The molecule has 1 heterocycles. The molecule has 0 aliphatic heterocycles. The number of hydrogen-bond acceptors (Lipinski definition) is 2. The van der Waals surface area contributed by atoms with Gasteiger partial charge in [0.05, 0.1) is 0 Å². The van der Waals surface area contributed by atoms with E-state index in [0.717, 1.165) is 5.82 Å². The molecule has 0 aliphatic rings. The van der Waals surface area contributed by atoms with Gasteiger partial charge in [0.25, 0.3) is 0 Å². The van der Waals surface area contributed by atoms with Crippen molar-refractivity contribution in [1.82, 2.24) is 9.55 Å². The second kappa shape index (κ2) is 2.74. The molecule has 60 valence electrons. The maximum atomic E-state index is 10.6. The van der Waals surface area contributed by atoms with Crippen LogP contribution in [0.2, 0.25) is 0 Å². The molecule has 1 aromatic rings. The quantitative estimate of drug-likeness (QED) is 0.645. The number of carbonyl (C=O) groups is 1. The zero-order valence-electron chi connectivity index (χ0n) is 6.88. The molecule has 0 bridgehead atoms. The number of imidazole rings is 1. The van der Waals surface area contributed by atoms with Crippen molar-refractivity contribution >= 4 is 11.7 Å². The molecule has 11 heavy (non-hydrogen) atoms. The molecule has 4 nitrogen and oxygen atoms in total. The standard InChI is InChI=1S/C7H11N3O/c1-5-8-7(4-10(5)3)9-6(2)11/h4H,1-3H3,(H,9,11). The van der Waals surface area contributed by atoms with Gasteiger partial charge < -0.3 is 9.88 Å².